The van der Waals surface area contributed by atoms with Crippen molar-refractivity contribution in [3.8, 4) is 6.07 Å². The SMILES string of the molecule is C[C@H]1CN(CC(C)(C)CCC#N)CCN1. The maximum atomic E-state index is 8.60. The van der Waals surface area contributed by atoms with E-state index < -0.39 is 0 Å². The highest BCUT2D eigenvalue weighted by Gasteiger charge is 2.24. The minimum atomic E-state index is 0.271. The van der Waals surface area contributed by atoms with Gasteiger partial charge in [-0.2, -0.15) is 5.26 Å². The molecular weight excluding hydrogens is 186 g/mol. The smallest absolute Gasteiger partial charge is 0.0621 e. The summed E-state index contributed by atoms with van der Waals surface area (Å²) >= 11 is 0. The predicted molar refractivity (Wildman–Crippen MR) is 62.5 cm³/mol. The molecule has 1 fully saturated rings. The van der Waals surface area contributed by atoms with E-state index in [4.69, 9.17) is 5.26 Å². The third kappa shape index (κ3) is 4.63. The first-order valence-corrected chi connectivity index (χ1v) is 5.86. The van der Waals surface area contributed by atoms with Crippen LogP contribution < -0.4 is 5.32 Å². The van der Waals surface area contributed by atoms with Crippen molar-refractivity contribution in [2.75, 3.05) is 26.2 Å². The summed E-state index contributed by atoms with van der Waals surface area (Å²) in [5, 5.41) is 12.1. The quantitative estimate of drug-likeness (QED) is 0.764. The van der Waals surface area contributed by atoms with Gasteiger partial charge in [0, 0.05) is 38.6 Å². The van der Waals surface area contributed by atoms with Crippen molar-refractivity contribution < 1.29 is 0 Å². The zero-order chi connectivity index (χ0) is 11.3. The zero-order valence-corrected chi connectivity index (χ0v) is 10.2. The highest BCUT2D eigenvalue weighted by atomic mass is 15.2. The summed E-state index contributed by atoms with van der Waals surface area (Å²) in [4.78, 5) is 2.51. The van der Waals surface area contributed by atoms with Crippen LogP contribution in [0.1, 0.15) is 33.6 Å². The molecule has 1 aliphatic rings. The third-order valence-corrected chi connectivity index (χ3v) is 3.02. The lowest BCUT2D eigenvalue weighted by Crippen LogP contribution is -2.51. The highest BCUT2D eigenvalue weighted by Crippen LogP contribution is 2.23. The summed E-state index contributed by atoms with van der Waals surface area (Å²) in [6.45, 7) is 11.2. The third-order valence-electron chi connectivity index (χ3n) is 3.02. The second-order valence-electron chi connectivity index (χ2n) is 5.41. The summed E-state index contributed by atoms with van der Waals surface area (Å²) < 4.78 is 0. The Kier molecular flexibility index (Phi) is 4.56. The van der Waals surface area contributed by atoms with Crippen molar-refractivity contribution in [1.29, 1.82) is 5.26 Å². The van der Waals surface area contributed by atoms with E-state index in [1.165, 1.54) is 0 Å². The van der Waals surface area contributed by atoms with Crippen LogP contribution >= 0.6 is 0 Å². The molecule has 15 heavy (non-hydrogen) atoms. The first-order chi connectivity index (χ1) is 7.03. The van der Waals surface area contributed by atoms with Crippen molar-refractivity contribution in [3.63, 3.8) is 0 Å². The molecule has 1 heterocycles. The molecule has 0 aliphatic carbocycles. The number of nitrogens with zero attached hydrogens (tertiary/aromatic N) is 2. The zero-order valence-electron chi connectivity index (χ0n) is 10.2. The van der Waals surface area contributed by atoms with E-state index in [1.54, 1.807) is 0 Å². The van der Waals surface area contributed by atoms with Crippen LogP contribution in [0.15, 0.2) is 0 Å². The van der Waals surface area contributed by atoms with Crippen molar-refractivity contribution in [2.45, 2.75) is 39.7 Å². The second kappa shape index (κ2) is 5.48. The number of nitriles is 1. The van der Waals surface area contributed by atoms with Gasteiger partial charge in [0.05, 0.1) is 6.07 Å². The average Bonchev–Trinajstić information content (AvgIpc) is 2.14. The van der Waals surface area contributed by atoms with Gasteiger partial charge in [-0.1, -0.05) is 13.8 Å². The Morgan fingerprint density at radius 2 is 2.27 bits per heavy atom. The standard InChI is InChI=1S/C12H23N3/c1-11-9-15(8-7-14-11)10-12(2,3)5-4-6-13/h11,14H,4-5,7-10H2,1-3H3/t11-/m0/s1. The minimum Gasteiger partial charge on any atom is -0.312 e. The predicted octanol–water partition coefficient (Wildman–Crippen LogP) is 1.61. The Balaban J connectivity index is 2.35. The van der Waals surface area contributed by atoms with Crippen LogP contribution in [-0.4, -0.2) is 37.1 Å². The summed E-state index contributed by atoms with van der Waals surface area (Å²) in [6, 6.07) is 2.84. The van der Waals surface area contributed by atoms with Crippen LogP contribution in [0.5, 0.6) is 0 Å². The van der Waals surface area contributed by atoms with Crippen LogP contribution in [0.25, 0.3) is 0 Å². The van der Waals surface area contributed by atoms with E-state index >= 15 is 0 Å². The molecule has 0 bridgehead atoms. The van der Waals surface area contributed by atoms with Gasteiger partial charge < -0.3 is 10.2 Å². The van der Waals surface area contributed by atoms with Crippen LogP contribution in [0, 0.1) is 16.7 Å². The van der Waals surface area contributed by atoms with Gasteiger partial charge in [0.2, 0.25) is 0 Å². The molecule has 3 nitrogen and oxygen atoms in total. The highest BCUT2D eigenvalue weighted by molar-refractivity contribution is 4.83. The number of hydrogen-bond acceptors (Lipinski definition) is 3. The normalized spacial score (nSPS) is 23.7. The Labute approximate surface area is 93.5 Å². The van der Waals surface area contributed by atoms with E-state index in [0.29, 0.717) is 12.5 Å². The van der Waals surface area contributed by atoms with Crippen LogP contribution in [-0.2, 0) is 0 Å². The maximum absolute atomic E-state index is 8.60. The minimum absolute atomic E-state index is 0.271. The van der Waals surface area contributed by atoms with Crippen LogP contribution in [0.2, 0.25) is 0 Å². The van der Waals surface area contributed by atoms with E-state index in [-0.39, 0.29) is 5.41 Å². The lowest BCUT2D eigenvalue weighted by Gasteiger charge is -2.37. The molecule has 3 heteroatoms. The molecule has 0 saturated carbocycles. The van der Waals surface area contributed by atoms with Gasteiger partial charge in [-0.05, 0) is 18.8 Å². The number of piperazine rings is 1. The number of nitrogens with one attached hydrogen (secondary N) is 1. The molecule has 1 rings (SSSR count). The second-order valence-corrected chi connectivity index (χ2v) is 5.41. The fourth-order valence-electron chi connectivity index (χ4n) is 2.23. The molecule has 86 valence electrons. The Hall–Kier alpha value is -0.590. The van der Waals surface area contributed by atoms with E-state index in [0.717, 1.165) is 32.6 Å². The molecule has 0 aromatic carbocycles. The fourth-order valence-corrected chi connectivity index (χ4v) is 2.23. The first kappa shape index (κ1) is 12.5. The summed E-state index contributed by atoms with van der Waals surface area (Å²) in [5.74, 6) is 0. The molecule has 0 aromatic rings. The van der Waals surface area contributed by atoms with Crippen molar-refractivity contribution in [3.05, 3.63) is 0 Å². The molecule has 1 aliphatic heterocycles. The van der Waals surface area contributed by atoms with Crippen molar-refractivity contribution in [1.82, 2.24) is 10.2 Å². The Morgan fingerprint density at radius 1 is 1.53 bits per heavy atom. The molecule has 1 N–H and O–H groups in total. The van der Waals surface area contributed by atoms with E-state index in [1.807, 2.05) is 0 Å². The van der Waals surface area contributed by atoms with Crippen LogP contribution in [0.3, 0.4) is 0 Å². The largest absolute Gasteiger partial charge is 0.312 e. The van der Waals surface area contributed by atoms with Gasteiger partial charge in [0.25, 0.3) is 0 Å². The first-order valence-electron chi connectivity index (χ1n) is 5.86. The van der Waals surface area contributed by atoms with Gasteiger partial charge in [-0.25, -0.2) is 0 Å². The lowest BCUT2D eigenvalue weighted by molar-refractivity contribution is 0.136. The molecular formula is C12H23N3. The van der Waals surface area contributed by atoms with Gasteiger partial charge in [0.1, 0.15) is 0 Å². The fraction of sp³-hybridized carbons (Fsp3) is 0.917. The van der Waals surface area contributed by atoms with Gasteiger partial charge in [-0.3, -0.25) is 0 Å². The topological polar surface area (TPSA) is 39.1 Å². The van der Waals surface area contributed by atoms with Crippen molar-refractivity contribution >= 4 is 0 Å². The number of hydrogen-bond donors (Lipinski definition) is 1. The maximum Gasteiger partial charge on any atom is 0.0621 e. The van der Waals surface area contributed by atoms with Crippen molar-refractivity contribution in [2.24, 2.45) is 5.41 Å². The van der Waals surface area contributed by atoms with E-state index in [2.05, 4.69) is 37.1 Å². The number of rotatable bonds is 4. The molecule has 1 saturated heterocycles. The monoisotopic (exact) mass is 209 g/mol. The molecule has 0 spiro atoms. The van der Waals surface area contributed by atoms with Gasteiger partial charge in [0.15, 0.2) is 0 Å². The lowest BCUT2D eigenvalue weighted by atomic mass is 9.87. The summed E-state index contributed by atoms with van der Waals surface area (Å²) in [6.07, 6.45) is 1.68. The van der Waals surface area contributed by atoms with Gasteiger partial charge in [-0.15, -0.1) is 0 Å². The molecule has 0 aromatic heterocycles. The molecule has 0 radical (unpaired) electrons. The summed E-state index contributed by atoms with van der Waals surface area (Å²) in [5.41, 5.74) is 0.271. The Morgan fingerprint density at radius 3 is 2.87 bits per heavy atom. The molecule has 1 atom stereocenters. The van der Waals surface area contributed by atoms with E-state index in [9.17, 15) is 0 Å². The Bertz CT molecular complexity index is 230. The molecule has 0 amide bonds. The van der Waals surface area contributed by atoms with Gasteiger partial charge >= 0.3 is 0 Å². The average molecular weight is 209 g/mol. The van der Waals surface area contributed by atoms with Crippen LogP contribution in [0.4, 0.5) is 0 Å². The molecule has 0 unspecified atom stereocenters. The summed E-state index contributed by atoms with van der Waals surface area (Å²) in [7, 11) is 0.